The molecule has 104 valence electrons. The minimum absolute atomic E-state index is 0.298. The Labute approximate surface area is 118 Å². The normalized spacial score (nSPS) is 20.5. The van der Waals surface area contributed by atoms with E-state index in [0.29, 0.717) is 12.7 Å². The SMILES string of the molecule is c1cc(-c2cc3c(o2)CCCC3)ccc1OCC1CO1. The molecule has 1 fully saturated rings. The molecule has 0 saturated carbocycles. The first-order valence-corrected chi connectivity index (χ1v) is 7.35. The van der Waals surface area contributed by atoms with Gasteiger partial charge in [-0.2, -0.15) is 0 Å². The number of ether oxygens (including phenoxy) is 2. The van der Waals surface area contributed by atoms with Crippen molar-refractivity contribution < 1.29 is 13.9 Å². The fourth-order valence-corrected chi connectivity index (χ4v) is 2.70. The number of benzene rings is 1. The van der Waals surface area contributed by atoms with E-state index in [9.17, 15) is 0 Å². The molecular formula is C17H18O3. The van der Waals surface area contributed by atoms with Crippen LogP contribution < -0.4 is 4.74 Å². The van der Waals surface area contributed by atoms with Crippen molar-refractivity contribution in [3.63, 3.8) is 0 Å². The largest absolute Gasteiger partial charge is 0.491 e. The van der Waals surface area contributed by atoms with Gasteiger partial charge in [0.05, 0.1) is 6.61 Å². The van der Waals surface area contributed by atoms with Gasteiger partial charge in [0.25, 0.3) is 0 Å². The van der Waals surface area contributed by atoms with Crippen molar-refractivity contribution in [1.29, 1.82) is 0 Å². The zero-order chi connectivity index (χ0) is 13.4. The van der Waals surface area contributed by atoms with Crippen LogP contribution >= 0.6 is 0 Å². The standard InChI is InChI=1S/C17H18O3/c1-2-4-16-13(3-1)9-17(20-16)12-5-7-14(8-6-12)18-10-15-11-19-15/h5-9,15H,1-4,10-11H2. The molecule has 0 radical (unpaired) electrons. The van der Waals surface area contributed by atoms with E-state index in [2.05, 4.69) is 18.2 Å². The van der Waals surface area contributed by atoms with Gasteiger partial charge >= 0.3 is 0 Å². The van der Waals surface area contributed by atoms with Crippen LogP contribution in [0.25, 0.3) is 11.3 Å². The highest BCUT2D eigenvalue weighted by atomic mass is 16.6. The molecule has 2 heterocycles. The highest BCUT2D eigenvalue weighted by Crippen LogP contribution is 2.31. The molecule has 2 aromatic rings. The Hall–Kier alpha value is -1.74. The molecule has 1 atom stereocenters. The van der Waals surface area contributed by atoms with Gasteiger partial charge in [0.2, 0.25) is 0 Å². The Kier molecular flexibility index (Phi) is 3.00. The summed E-state index contributed by atoms with van der Waals surface area (Å²) >= 11 is 0. The van der Waals surface area contributed by atoms with Crippen molar-refractivity contribution >= 4 is 0 Å². The first-order chi connectivity index (χ1) is 9.88. The van der Waals surface area contributed by atoms with Crippen LogP contribution in [0, 0.1) is 0 Å². The Morgan fingerprint density at radius 1 is 1.10 bits per heavy atom. The Morgan fingerprint density at radius 3 is 2.65 bits per heavy atom. The molecule has 1 aliphatic heterocycles. The number of fused-ring (bicyclic) bond motifs is 1. The van der Waals surface area contributed by atoms with Crippen LogP contribution in [0.3, 0.4) is 0 Å². The second-order valence-electron chi connectivity index (χ2n) is 5.56. The van der Waals surface area contributed by atoms with Gasteiger partial charge in [0.1, 0.15) is 30.0 Å². The van der Waals surface area contributed by atoms with Crippen molar-refractivity contribution in [3.8, 4) is 17.1 Å². The Balaban J connectivity index is 1.50. The quantitative estimate of drug-likeness (QED) is 0.796. The number of rotatable bonds is 4. The predicted octanol–water partition coefficient (Wildman–Crippen LogP) is 3.60. The molecule has 1 aromatic carbocycles. The van der Waals surface area contributed by atoms with E-state index in [1.807, 2.05) is 12.1 Å². The first kappa shape index (κ1) is 12.0. The first-order valence-electron chi connectivity index (χ1n) is 7.35. The summed E-state index contributed by atoms with van der Waals surface area (Å²) in [5.41, 5.74) is 2.51. The summed E-state index contributed by atoms with van der Waals surface area (Å²) < 4.78 is 16.8. The lowest BCUT2D eigenvalue weighted by molar-refractivity contribution is 0.263. The summed E-state index contributed by atoms with van der Waals surface area (Å²) in [6, 6.07) is 10.3. The smallest absolute Gasteiger partial charge is 0.134 e. The molecule has 4 rings (SSSR count). The molecule has 20 heavy (non-hydrogen) atoms. The zero-order valence-corrected chi connectivity index (χ0v) is 11.4. The number of aryl methyl sites for hydroxylation is 2. The molecule has 0 bridgehead atoms. The summed E-state index contributed by atoms with van der Waals surface area (Å²) in [7, 11) is 0. The van der Waals surface area contributed by atoms with Crippen LogP contribution in [0.4, 0.5) is 0 Å². The number of hydrogen-bond donors (Lipinski definition) is 0. The molecule has 1 aliphatic carbocycles. The highest BCUT2D eigenvalue weighted by Gasteiger charge is 2.23. The molecule has 2 aliphatic rings. The average Bonchev–Trinajstić information content (AvgIpc) is 3.22. The van der Waals surface area contributed by atoms with Gasteiger partial charge in [-0.1, -0.05) is 0 Å². The van der Waals surface area contributed by atoms with Crippen molar-refractivity contribution in [3.05, 3.63) is 41.7 Å². The van der Waals surface area contributed by atoms with E-state index in [0.717, 1.165) is 36.5 Å². The molecule has 0 N–H and O–H groups in total. The van der Waals surface area contributed by atoms with Crippen LogP contribution in [0.2, 0.25) is 0 Å². The fourth-order valence-electron chi connectivity index (χ4n) is 2.70. The predicted molar refractivity (Wildman–Crippen MR) is 76.0 cm³/mol. The van der Waals surface area contributed by atoms with Gasteiger partial charge in [0, 0.05) is 12.0 Å². The van der Waals surface area contributed by atoms with Gasteiger partial charge in [-0.3, -0.25) is 0 Å². The minimum Gasteiger partial charge on any atom is -0.491 e. The van der Waals surface area contributed by atoms with Crippen molar-refractivity contribution in [2.75, 3.05) is 13.2 Å². The van der Waals surface area contributed by atoms with E-state index in [-0.39, 0.29) is 0 Å². The van der Waals surface area contributed by atoms with Crippen LogP contribution in [-0.2, 0) is 17.6 Å². The van der Waals surface area contributed by atoms with Crippen molar-refractivity contribution in [1.82, 2.24) is 0 Å². The van der Waals surface area contributed by atoms with Crippen LogP contribution in [0.15, 0.2) is 34.7 Å². The van der Waals surface area contributed by atoms with E-state index < -0.39 is 0 Å². The third-order valence-electron chi connectivity index (χ3n) is 3.97. The van der Waals surface area contributed by atoms with Gasteiger partial charge in [-0.25, -0.2) is 0 Å². The number of hydrogen-bond acceptors (Lipinski definition) is 3. The molecule has 1 aromatic heterocycles. The average molecular weight is 270 g/mol. The number of epoxide rings is 1. The van der Waals surface area contributed by atoms with E-state index in [4.69, 9.17) is 13.9 Å². The third-order valence-corrected chi connectivity index (χ3v) is 3.97. The van der Waals surface area contributed by atoms with Gasteiger partial charge in [-0.05, 0) is 55.2 Å². The summed E-state index contributed by atoms with van der Waals surface area (Å²) in [4.78, 5) is 0. The monoisotopic (exact) mass is 270 g/mol. The number of furan rings is 1. The second-order valence-corrected chi connectivity index (χ2v) is 5.56. The van der Waals surface area contributed by atoms with Crippen LogP contribution in [0.5, 0.6) is 5.75 Å². The second kappa shape index (κ2) is 4.98. The van der Waals surface area contributed by atoms with Gasteiger partial charge < -0.3 is 13.9 Å². The van der Waals surface area contributed by atoms with Crippen LogP contribution in [-0.4, -0.2) is 19.3 Å². The fraction of sp³-hybridized carbons (Fsp3) is 0.412. The Morgan fingerprint density at radius 2 is 1.90 bits per heavy atom. The molecular weight excluding hydrogens is 252 g/mol. The topological polar surface area (TPSA) is 34.9 Å². The Bertz CT molecular complexity index is 570. The lowest BCUT2D eigenvalue weighted by Gasteiger charge is -2.07. The van der Waals surface area contributed by atoms with E-state index in [1.54, 1.807) is 0 Å². The summed E-state index contributed by atoms with van der Waals surface area (Å²) in [6.07, 6.45) is 5.06. The maximum Gasteiger partial charge on any atom is 0.134 e. The van der Waals surface area contributed by atoms with Crippen molar-refractivity contribution in [2.24, 2.45) is 0 Å². The lowest BCUT2D eigenvalue weighted by Crippen LogP contribution is -2.03. The molecule has 0 amide bonds. The summed E-state index contributed by atoms with van der Waals surface area (Å²) in [6.45, 7) is 1.48. The molecule has 3 nitrogen and oxygen atoms in total. The zero-order valence-electron chi connectivity index (χ0n) is 11.4. The van der Waals surface area contributed by atoms with Crippen molar-refractivity contribution in [2.45, 2.75) is 31.8 Å². The van der Waals surface area contributed by atoms with Gasteiger partial charge in [0.15, 0.2) is 0 Å². The maximum atomic E-state index is 5.98. The summed E-state index contributed by atoms with van der Waals surface area (Å²) in [5, 5.41) is 0. The summed E-state index contributed by atoms with van der Waals surface area (Å²) in [5.74, 6) is 3.05. The maximum absolute atomic E-state index is 5.98. The highest BCUT2D eigenvalue weighted by molar-refractivity contribution is 5.60. The third kappa shape index (κ3) is 2.46. The lowest BCUT2D eigenvalue weighted by atomic mass is 9.98. The molecule has 1 unspecified atom stereocenters. The minimum atomic E-state index is 0.298. The van der Waals surface area contributed by atoms with Gasteiger partial charge in [-0.15, -0.1) is 0 Å². The molecule has 1 saturated heterocycles. The van der Waals surface area contributed by atoms with E-state index in [1.165, 1.54) is 24.2 Å². The molecule has 3 heteroatoms. The molecule has 0 spiro atoms. The van der Waals surface area contributed by atoms with E-state index >= 15 is 0 Å². The van der Waals surface area contributed by atoms with Crippen LogP contribution in [0.1, 0.15) is 24.2 Å².